The number of benzene rings is 2. The van der Waals surface area contributed by atoms with Crippen LogP contribution in [0.3, 0.4) is 0 Å². The van der Waals surface area contributed by atoms with Crippen LogP contribution >= 0.6 is 0 Å². The Bertz CT molecular complexity index is 906. The minimum absolute atomic E-state index is 0.0237. The van der Waals surface area contributed by atoms with E-state index in [4.69, 9.17) is 9.73 Å². The molecule has 7 nitrogen and oxygen atoms in total. The van der Waals surface area contributed by atoms with E-state index in [1.165, 1.54) is 11.5 Å². The summed E-state index contributed by atoms with van der Waals surface area (Å²) in [5.74, 6) is -0.515. The van der Waals surface area contributed by atoms with Gasteiger partial charge in [0.05, 0.1) is 0 Å². The average molecular weight is 351 g/mol. The predicted octanol–water partition coefficient (Wildman–Crippen LogP) is 2.43. The van der Waals surface area contributed by atoms with Crippen LogP contribution in [0.2, 0.25) is 0 Å². The van der Waals surface area contributed by atoms with Crippen molar-refractivity contribution >= 4 is 11.8 Å². The average Bonchev–Trinajstić information content (AvgIpc) is 3.17. The maximum Gasteiger partial charge on any atom is 0.296 e. The van der Waals surface area contributed by atoms with E-state index in [0.29, 0.717) is 24.3 Å². The van der Waals surface area contributed by atoms with Gasteiger partial charge in [-0.05, 0) is 23.3 Å². The molecule has 3 N–H and O–H groups in total. The lowest BCUT2D eigenvalue weighted by Gasteiger charge is -2.06. The van der Waals surface area contributed by atoms with E-state index in [1.807, 2.05) is 48.5 Å². The number of rotatable bonds is 6. The maximum atomic E-state index is 12.3. The maximum absolute atomic E-state index is 12.3. The van der Waals surface area contributed by atoms with Gasteiger partial charge in [0, 0.05) is 24.6 Å². The Hall–Kier alpha value is -3.45. The number of carbonyl (C=O) groups excluding carboxylic acids is 2. The zero-order chi connectivity index (χ0) is 18.4. The molecule has 1 aromatic heterocycles. The molecule has 0 fully saturated rings. The minimum atomic E-state index is -0.748. The van der Waals surface area contributed by atoms with E-state index in [0.717, 1.165) is 11.1 Å². The quantitative estimate of drug-likeness (QED) is 0.467. The van der Waals surface area contributed by atoms with Crippen LogP contribution in [0.15, 0.2) is 65.2 Å². The highest BCUT2D eigenvalue weighted by atomic mass is 16.5. The number of aromatic nitrogens is 1. The Morgan fingerprint density at radius 1 is 0.962 bits per heavy atom. The molecule has 0 aliphatic heterocycles. The lowest BCUT2D eigenvalue weighted by Crippen LogP contribution is -2.25. The molecule has 0 aliphatic rings. The fraction of sp³-hybridized carbons (Fsp3) is 0.105. The molecule has 0 bridgehead atoms. The highest BCUT2D eigenvalue weighted by Gasteiger charge is 2.12. The fourth-order valence-electron chi connectivity index (χ4n) is 2.47. The van der Waals surface area contributed by atoms with Crippen molar-refractivity contribution < 1.29 is 19.3 Å². The van der Waals surface area contributed by atoms with Crippen molar-refractivity contribution in [2.24, 2.45) is 0 Å². The van der Waals surface area contributed by atoms with Crippen LogP contribution in [-0.2, 0) is 6.42 Å². The first-order chi connectivity index (χ1) is 12.7. The summed E-state index contributed by atoms with van der Waals surface area (Å²) in [5.41, 5.74) is 4.02. The van der Waals surface area contributed by atoms with Crippen molar-refractivity contribution in [1.82, 2.24) is 16.0 Å². The summed E-state index contributed by atoms with van der Waals surface area (Å²) in [7, 11) is 0. The summed E-state index contributed by atoms with van der Waals surface area (Å²) in [6.45, 7) is 0.323. The normalized spacial score (nSPS) is 10.3. The Morgan fingerprint density at radius 2 is 1.73 bits per heavy atom. The first-order valence-corrected chi connectivity index (χ1v) is 8.01. The van der Waals surface area contributed by atoms with Gasteiger partial charge >= 0.3 is 0 Å². The van der Waals surface area contributed by atoms with Crippen LogP contribution in [0.4, 0.5) is 0 Å². The van der Waals surface area contributed by atoms with Crippen LogP contribution in [0.25, 0.3) is 11.1 Å². The molecule has 3 rings (SSSR count). The number of amides is 2. The highest BCUT2D eigenvalue weighted by Crippen LogP contribution is 2.19. The van der Waals surface area contributed by atoms with Crippen molar-refractivity contribution in [1.29, 1.82) is 0 Å². The molecule has 2 amide bonds. The molecule has 0 atom stereocenters. The van der Waals surface area contributed by atoms with Gasteiger partial charge in [-0.2, -0.15) is 0 Å². The third-order valence-corrected chi connectivity index (χ3v) is 3.78. The Morgan fingerprint density at radius 3 is 2.50 bits per heavy atom. The van der Waals surface area contributed by atoms with Gasteiger partial charge in [-0.15, -0.1) is 0 Å². The fourth-order valence-corrected chi connectivity index (χ4v) is 2.47. The standard InChI is InChI=1S/C19H17N3O4/c23-18(20-10-9-16-12-17(22-26-16)19(24)21-25)15-8-4-7-14(11-15)13-5-2-1-3-6-13/h1-8,11-12,25H,9-10H2,(H,20,23)(H,21,24). The van der Waals surface area contributed by atoms with Crippen LogP contribution in [0, 0.1) is 0 Å². The van der Waals surface area contributed by atoms with Crippen molar-refractivity contribution in [2.75, 3.05) is 6.54 Å². The second kappa shape index (κ2) is 8.09. The van der Waals surface area contributed by atoms with E-state index in [2.05, 4.69) is 10.5 Å². The first-order valence-electron chi connectivity index (χ1n) is 8.01. The Kier molecular flexibility index (Phi) is 5.40. The summed E-state index contributed by atoms with van der Waals surface area (Å²) in [6.07, 6.45) is 0.371. The van der Waals surface area contributed by atoms with Crippen LogP contribution in [-0.4, -0.2) is 28.7 Å². The molecule has 0 unspecified atom stereocenters. The molecule has 7 heteroatoms. The largest absolute Gasteiger partial charge is 0.361 e. The SMILES string of the molecule is O=C(NCCc1cc(C(=O)NO)no1)c1cccc(-c2ccccc2)c1. The van der Waals surface area contributed by atoms with E-state index in [1.54, 1.807) is 6.07 Å². The molecular weight excluding hydrogens is 334 g/mol. The molecule has 132 valence electrons. The zero-order valence-electron chi connectivity index (χ0n) is 13.8. The minimum Gasteiger partial charge on any atom is -0.361 e. The summed E-state index contributed by atoms with van der Waals surface area (Å²) >= 11 is 0. The van der Waals surface area contributed by atoms with Crippen LogP contribution in [0.1, 0.15) is 26.6 Å². The lowest BCUT2D eigenvalue weighted by molar-refractivity contribution is 0.0696. The summed E-state index contributed by atoms with van der Waals surface area (Å²) < 4.78 is 4.98. The summed E-state index contributed by atoms with van der Waals surface area (Å²) in [6, 6.07) is 18.6. The number of nitrogens with one attached hydrogen (secondary N) is 2. The Balaban J connectivity index is 1.59. The molecule has 26 heavy (non-hydrogen) atoms. The van der Waals surface area contributed by atoms with Crippen LogP contribution < -0.4 is 10.8 Å². The molecule has 0 saturated carbocycles. The third-order valence-electron chi connectivity index (χ3n) is 3.78. The number of hydrogen-bond donors (Lipinski definition) is 3. The second-order valence-corrected chi connectivity index (χ2v) is 5.57. The number of hydrogen-bond acceptors (Lipinski definition) is 5. The van der Waals surface area contributed by atoms with E-state index in [9.17, 15) is 9.59 Å². The molecule has 2 aromatic carbocycles. The van der Waals surface area contributed by atoms with Gasteiger partial charge in [0.2, 0.25) is 0 Å². The van der Waals surface area contributed by atoms with E-state index in [-0.39, 0.29) is 11.6 Å². The van der Waals surface area contributed by atoms with E-state index < -0.39 is 5.91 Å². The highest BCUT2D eigenvalue weighted by molar-refractivity contribution is 5.95. The van der Waals surface area contributed by atoms with Gasteiger partial charge in [0.25, 0.3) is 11.8 Å². The Labute approximate surface area is 149 Å². The molecule has 1 heterocycles. The molecular formula is C19H17N3O4. The lowest BCUT2D eigenvalue weighted by atomic mass is 10.0. The second-order valence-electron chi connectivity index (χ2n) is 5.57. The molecule has 3 aromatic rings. The summed E-state index contributed by atoms with van der Waals surface area (Å²) in [5, 5.41) is 14.9. The van der Waals surface area contributed by atoms with Crippen molar-refractivity contribution in [3.05, 3.63) is 77.7 Å². The smallest absolute Gasteiger partial charge is 0.296 e. The van der Waals surface area contributed by atoms with Gasteiger partial charge < -0.3 is 9.84 Å². The van der Waals surface area contributed by atoms with Crippen LogP contribution in [0.5, 0.6) is 0 Å². The van der Waals surface area contributed by atoms with Crippen molar-refractivity contribution in [2.45, 2.75) is 6.42 Å². The first kappa shape index (κ1) is 17.4. The number of carbonyl (C=O) groups is 2. The third kappa shape index (κ3) is 4.14. The molecule has 0 saturated heterocycles. The van der Waals surface area contributed by atoms with Crippen molar-refractivity contribution in [3.63, 3.8) is 0 Å². The molecule has 0 spiro atoms. The van der Waals surface area contributed by atoms with Gasteiger partial charge in [0.15, 0.2) is 5.69 Å². The van der Waals surface area contributed by atoms with Gasteiger partial charge in [-0.1, -0.05) is 47.6 Å². The monoisotopic (exact) mass is 351 g/mol. The van der Waals surface area contributed by atoms with Gasteiger partial charge in [-0.3, -0.25) is 14.8 Å². The number of hydroxylamine groups is 1. The zero-order valence-corrected chi connectivity index (χ0v) is 13.8. The number of nitrogens with zero attached hydrogens (tertiary/aromatic N) is 1. The predicted molar refractivity (Wildman–Crippen MR) is 93.7 cm³/mol. The topological polar surface area (TPSA) is 104 Å². The van der Waals surface area contributed by atoms with Gasteiger partial charge in [-0.25, -0.2) is 5.48 Å². The summed E-state index contributed by atoms with van der Waals surface area (Å²) in [4.78, 5) is 23.5. The molecule has 0 radical (unpaired) electrons. The van der Waals surface area contributed by atoms with Gasteiger partial charge in [0.1, 0.15) is 5.76 Å². The van der Waals surface area contributed by atoms with E-state index >= 15 is 0 Å². The molecule has 0 aliphatic carbocycles. The van der Waals surface area contributed by atoms with Crippen molar-refractivity contribution in [3.8, 4) is 11.1 Å².